The minimum atomic E-state index is 0.0424. The summed E-state index contributed by atoms with van der Waals surface area (Å²) in [4.78, 5) is 25.0. The summed E-state index contributed by atoms with van der Waals surface area (Å²) in [5.74, 6) is 2.53. The van der Waals surface area contributed by atoms with Gasteiger partial charge in [0.15, 0.2) is 5.82 Å². The molecule has 1 spiro atoms. The van der Waals surface area contributed by atoms with Crippen molar-refractivity contribution in [1.82, 2.24) is 29.5 Å². The number of nitrogens with zero attached hydrogens (tertiary/aromatic N) is 9. The zero-order valence-corrected chi connectivity index (χ0v) is 21.0. The first-order valence-corrected chi connectivity index (χ1v) is 12.2. The molecule has 0 atom stereocenters. The number of benzene rings is 1. The number of carbonyl (C=O) groups is 1. The highest BCUT2D eigenvalue weighted by atomic mass is 35.5. The smallest absolute Gasteiger partial charge is 0.236 e. The Bertz CT molecular complexity index is 1380. The van der Waals surface area contributed by atoms with Crippen molar-refractivity contribution < 1.29 is 4.79 Å². The van der Waals surface area contributed by atoms with Crippen molar-refractivity contribution in [2.75, 3.05) is 56.6 Å². The average Bonchev–Trinajstić information content (AvgIpc) is 3.13. The number of anilines is 2. The molecular weight excluding hydrogens is 478 g/mol. The zero-order chi connectivity index (χ0) is 25.0. The molecule has 2 aromatic heterocycles. The van der Waals surface area contributed by atoms with Gasteiger partial charge in [-0.05, 0) is 35.9 Å². The number of fused-ring (bicyclic) bond motifs is 3. The van der Waals surface area contributed by atoms with Gasteiger partial charge in [0, 0.05) is 57.3 Å². The number of hydrogen-bond donors (Lipinski definition) is 0. The van der Waals surface area contributed by atoms with Crippen molar-refractivity contribution in [3.05, 3.63) is 58.5 Å². The molecule has 11 heteroatoms. The number of carbonyl (C=O) groups excluding carboxylic acids is 1. The van der Waals surface area contributed by atoms with Crippen molar-refractivity contribution in [1.29, 1.82) is 5.26 Å². The van der Waals surface area contributed by atoms with Gasteiger partial charge in [-0.15, -0.1) is 10.2 Å². The van der Waals surface area contributed by atoms with Gasteiger partial charge in [0.1, 0.15) is 17.6 Å². The van der Waals surface area contributed by atoms with Crippen LogP contribution in [0.4, 0.5) is 11.8 Å². The van der Waals surface area contributed by atoms with Crippen molar-refractivity contribution in [3.63, 3.8) is 0 Å². The number of likely N-dealkylation sites (N-methyl/N-ethyl adjacent to an activating group) is 1. The van der Waals surface area contributed by atoms with E-state index in [4.69, 9.17) is 16.9 Å². The van der Waals surface area contributed by atoms with Crippen molar-refractivity contribution in [2.45, 2.75) is 13.1 Å². The number of aromatic nitrogens is 4. The summed E-state index contributed by atoms with van der Waals surface area (Å²) in [6.45, 7) is 4.98. The Balaban J connectivity index is 1.22. The molecule has 3 aliphatic heterocycles. The van der Waals surface area contributed by atoms with Gasteiger partial charge in [-0.2, -0.15) is 5.26 Å². The van der Waals surface area contributed by atoms with E-state index < -0.39 is 0 Å². The molecular formula is C25H26ClN9O. The molecule has 2 fully saturated rings. The number of amides is 1. The van der Waals surface area contributed by atoms with Gasteiger partial charge in [0.05, 0.1) is 18.8 Å². The van der Waals surface area contributed by atoms with E-state index in [-0.39, 0.29) is 11.3 Å². The van der Waals surface area contributed by atoms with Crippen LogP contribution in [0.25, 0.3) is 5.69 Å². The van der Waals surface area contributed by atoms with Gasteiger partial charge in [0.25, 0.3) is 0 Å². The second-order valence-electron chi connectivity index (χ2n) is 10.2. The Morgan fingerprint density at radius 3 is 2.64 bits per heavy atom. The molecule has 36 heavy (non-hydrogen) atoms. The highest BCUT2D eigenvalue weighted by Crippen LogP contribution is 2.44. The summed E-state index contributed by atoms with van der Waals surface area (Å²) >= 11 is 6.35. The fourth-order valence-electron chi connectivity index (χ4n) is 5.39. The van der Waals surface area contributed by atoms with Gasteiger partial charge in [0.2, 0.25) is 11.9 Å². The molecule has 184 valence electrons. The number of pyridine rings is 1. The number of rotatable bonds is 4. The van der Waals surface area contributed by atoms with Gasteiger partial charge in [-0.3, -0.25) is 14.3 Å². The van der Waals surface area contributed by atoms with Crippen LogP contribution in [0.5, 0.6) is 0 Å². The Morgan fingerprint density at radius 2 is 1.89 bits per heavy atom. The predicted molar refractivity (Wildman–Crippen MR) is 135 cm³/mol. The molecule has 6 rings (SSSR count). The molecule has 10 nitrogen and oxygen atoms in total. The van der Waals surface area contributed by atoms with Crippen LogP contribution in [-0.4, -0.2) is 82.3 Å². The summed E-state index contributed by atoms with van der Waals surface area (Å²) < 4.78 is 2.12. The maximum absolute atomic E-state index is 12.4. The summed E-state index contributed by atoms with van der Waals surface area (Å²) in [6, 6.07) is 13.5. The van der Waals surface area contributed by atoms with E-state index in [1.165, 1.54) is 0 Å². The summed E-state index contributed by atoms with van der Waals surface area (Å²) in [5.41, 5.74) is 2.68. The third-order valence-electron chi connectivity index (χ3n) is 7.17. The predicted octanol–water partition coefficient (Wildman–Crippen LogP) is 1.92. The van der Waals surface area contributed by atoms with E-state index in [1.807, 2.05) is 30.3 Å². The zero-order valence-electron chi connectivity index (χ0n) is 20.2. The second kappa shape index (κ2) is 8.47. The van der Waals surface area contributed by atoms with E-state index in [9.17, 15) is 4.79 Å². The first kappa shape index (κ1) is 22.8. The maximum atomic E-state index is 12.4. The fraction of sp³-hybridized carbons (Fsp3) is 0.400. The summed E-state index contributed by atoms with van der Waals surface area (Å²) in [6.07, 6.45) is 0. The number of nitriles is 1. The Labute approximate surface area is 214 Å². The lowest BCUT2D eigenvalue weighted by Gasteiger charge is -2.60. The molecule has 2 saturated heterocycles. The molecule has 5 heterocycles. The highest BCUT2D eigenvalue weighted by Gasteiger charge is 2.53. The number of hydrogen-bond acceptors (Lipinski definition) is 8. The molecule has 0 saturated carbocycles. The summed E-state index contributed by atoms with van der Waals surface area (Å²) in [5, 5.41) is 18.9. The second-order valence-corrected chi connectivity index (χ2v) is 10.6. The van der Waals surface area contributed by atoms with Gasteiger partial charge in [-0.25, -0.2) is 4.98 Å². The third-order valence-corrected chi connectivity index (χ3v) is 7.41. The standard InChI is InChI=1S/C25H26ClN9O/c1-31(2)23(36)12-32-10-17-8-18(26)6-7-20(17)35-22(11-32)29-30-24(35)34-15-25(16-34)13-33(14-25)21-5-3-4-19(9-27)28-21/h3-8H,10-16H2,1-2H3. The van der Waals surface area contributed by atoms with Crippen LogP contribution >= 0.6 is 11.6 Å². The topological polar surface area (TPSA) is 97.4 Å². The van der Waals surface area contributed by atoms with E-state index in [0.717, 1.165) is 55.0 Å². The highest BCUT2D eigenvalue weighted by molar-refractivity contribution is 6.30. The van der Waals surface area contributed by atoms with E-state index in [2.05, 4.69) is 40.5 Å². The Morgan fingerprint density at radius 1 is 1.11 bits per heavy atom. The minimum Gasteiger partial charge on any atom is -0.355 e. The van der Waals surface area contributed by atoms with Crippen LogP contribution in [0.2, 0.25) is 5.02 Å². The quantitative estimate of drug-likeness (QED) is 0.532. The van der Waals surface area contributed by atoms with Crippen LogP contribution in [-0.2, 0) is 17.9 Å². The normalized spacial score (nSPS) is 17.9. The van der Waals surface area contributed by atoms with Gasteiger partial charge < -0.3 is 14.7 Å². The molecule has 1 amide bonds. The van der Waals surface area contributed by atoms with Crippen LogP contribution in [0.1, 0.15) is 17.1 Å². The van der Waals surface area contributed by atoms with Crippen LogP contribution in [0.15, 0.2) is 36.4 Å². The average molecular weight is 504 g/mol. The first-order valence-electron chi connectivity index (χ1n) is 11.9. The lowest BCUT2D eigenvalue weighted by atomic mass is 9.73. The Hall–Kier alpha value is -3.68. The lowest BCUT2D eigenvalue weighted by molar-refractivity contribution is -0.130. The maximum Gasteiger partial charge on any atom is 0.236 e. The molecule has 3 aromatic rings. The number of halogens is 1. The van der Waals surface area contributed by atoms with Crippen LogP contribution < -0.4 is 9.80 Å². The summed E-state index contributed by atoms with van der Waals surface area (Å²) in [7, 11) is 3.53. The van der Waals surface area contributed by atoms with E-state index >= 15 is 0 Å². The lowest BCUT2D eigenvalue weighted by Crippen LogP contribution is -2.73. The molecule has 0 unspecified atom stereocenters. The SMILES string of the molecule is CN(C)C(=O)CN1Cc2cc(Cl)ccc2-n2c(nnc2N2CC3(CN(c4cccc(C#N)n4)C3)C2)C1. The van der Waals surface area contributed by atoms with Crippen LogP contribution in [0, 0.1) is 16.7 Å². The molecule has 0 radical (unpaired) electrons. The molecule has 1 aromatic carbocycles. The molecule has 0 N–H and O–H groups in total. The van der Waals surface area contributed by atoms with E-state index in [0.29, 0.717) is 30.4 Å². The largest absolute Gasteiger partial charge is 0.355 e. The molecule has 3 aliphatic rings. The van der Waals surface area contributed by atoms with E-state index in [1.54, 1.807) is 25.1 Å². The first-order chi connectivity index (χ1) is 17.3. The monoisotopic (exact) mass is 503 g/mol. The molecule has 0 aliphatic carbocycles. The van der Waals surface area contributed by atoms with Gasteiger partial charge in [-0.1, -0.05) is 17.7 Å². The van der Waals surface area contributed by atoms with Gasteiger partial charge >= 0.3 is 0 Å². The minimum absolute atomic E-state index is 0.0424. The van der Waals surface area contributed by atoms with Crippen molar-refractivity contribution >= 4 is 29.3 Å². The molecule has 0 bridgehead atoms. The Kier molecular flexibility index (Phi) is 5.35. The van der Waals surface area contributed by atoms with Crippen molar-refractivity contribution in [3.8, 4) is 11.8 Å². The van der Waals surface area contributed by atoms with Crippen LogP contribution in [0.3, 0.4) is 0 Å². The fourth-order valence-corrected chi connectivity index (χ4v) is 5.59. The third kappa shape index (κ3) is 3.85. The van der Waals surface area contributed by atoms with Crippen molar-refractivity contribution in [2.24, 2.45) is 5.41 Å².